The first-order valence-corrected chi connectivity index (χ1v) is 16.1. The Morgan fingerprint density at radius 3 is 2.24 bits per heavy atom. The van der Waals surface area contributed by atoms with Crippen molar-refractivity contribution in [1.82, 2.24) is 10.2 Å². The van der Waals surface area contributed by atoms with Crippen molar-refractivity contribution in [2.24, 2.45) is 0 Å². The number of benzene rings is 3. The minimum absolute atomic E-state index is 0.0180. The molecule has 1 saturated carbocycles. The Morgan fingerprint density at radius 2 is 1.60 bits per heavy atom. The van der Waals surface area contributed by atoms with Crippen molar-refractivity contribution in [1.29, 1.82) is 0 Å². The first-order chi connectivity index (χ1) is 20.1. The number of rotatable bonds is 11. The summed E-state index contributed by atoms with van der Waals surface area (Å²) >= 11 is 12.9. The van der Waals surface area contributed by atoms with E-state index in [4.69, 9.17) is 27.9 Å². The van der Waals surface area contributed by atoms with E-state index in [1.165, 1.54) is 24.1 Å². The fourth-order valence-electron chi connectivity index (χ4n) is 5.02. The zero-order valence-electron chi connectivity index (χ0n) is 23.6. The Hall–Kier alpha value is -3.27. The van der Waals surface area contributed by atoms with Crippen LogP contribution in [0.25, 0.3) is 0 Å². The Kier molecular flexibility index (Phi) is 10.8. The Bertz CT molecular complexity index is 1480. The Morgan fingerprint density at radius 1 is 0.952 bits per heavy atom. The summed E-state index contributed by atoms with van der Waals surface area (Å²) in [6.07, 6.45) is 4.95. The van der Waals surface area contributed by atoms with Crippen molar-refractivity contribution < 1.29 is 22.7 Å². The van der Waals surface area contributed by atoms with E-state index in [0.717, 1.165) is 36.4 Å². The number of methoxy groups -OCH3 is 1. The van der Waals surface area contributed by atoms with Gasteiger partial charge in [0.1, 0.15) is 18.3 Å². The highest BCUT2D eigenvalue weighted by Gasteiger charge is 2.34. The summed E-state index contributed by atoms with van der Waals surface area (Å²) in [6.45, 7) is 0.962. The lowest BCUT2D eigenvalue weighted by molar-refractivity contribution is -0.139. The number of hydrogen-bond acceptors (Lipinski definition) is 5. The van der Waals surface area contributed by atoms with E-state index in [9.17, 15) is 18.0 Å². The minimum atomic E-state index is -4.19. The molecule has 3 aromatic carbocycles. The van der Waals surface area contributed by atoms with Gasteiger partial charge in [0, 0.05) is 34.3 Å². The first-order valence-electron chi connectivity index (χ1n) is 13.9. The van der Waals surface area contributed by atoms with Gasteiger partial charge in [0.25, 0.3) is 10.0 Å². The summed E-state index contributed by atoms with van der Waals surface area (Å²) in [5.74, 6) is -0.495. The third-order valence-corrected chi connectivity index (χ3v) is 9.96. The highest BCUT2D eigenvalue weighted by Crippen LogP contribution is 2.30. The largest absolute Gasteiger partial charge is 0.497 e. The molecule has 1 fully saturated rings. The molecule has 1 aliphatic rings. The number of ether oxygens (including phenoxy) is 1. The normalized spacial score (nSPS) is 14.6. The van der Waals surface area contributed by atoms with Crippen LogP contribution in [0.4, 0.5) is 5.69 Å². The molecular formula is C31H35Cl2N3O5S. The lowest BCUT2D eigenvalue weighted by Gasteiger charge is -2.33. The molecule has 0 bridgehead atoms. The van der Waals surface area contributed by atoms with E-state index in [1.807, 2.05) is 0 Å². The highest BCUT2D eigenvalue weighted by molar-refractivity contribution is 7.92. The fourth-order valence-corrected chi connectivity index (χ4v) is 6.96. The Labute approximate surface area is 257 Å². The molecule has 4 rings (SSSR count). The molecule has 3 aromatic rings. The smallest absolute Gasteiger partial charge is 0.264 e. The van der Waals surface area contributed by atoms with Gasteiger partial charge in [-0.05, 0) is 56.2 Å². The molecule has 0 aliphatic heterocycles. The highest BCUT2D eigenvalue weighted by atomic mass is 35.5. The predicted octanol–water partition coefficient (Wildman–Crippen LogP) is 6.06. The predicted molar refractivity (Wildman–Crippen MR) is 165 cm³/mol. The van der Waals surface area contributed by atoms with Gasteiger partial charge in [-0.1, -0.05) is 72.8 Å². The van der Waals surface area contributed by atoms with Gasteiger partial charge in [-0.2, -0.15) is 0 Å². The number of nitrogens with one attached hydrogen (secondary N) is 1. The van der Waals surface area contributed by atoms with E-state index >= 15 is 0 Å². The van der Waals surface area contributed by atoms with Crippen molar-refractivity contribution in [3.63, 3.8) is 0 Å². The van der Waals surface area contributed by atoms with Gasteiger partial charge < -0.3 is 15.0 Å². The van der Waals surface area contributed by atoms with Crippen LogP contribution in [0.2, 0.25) is 10.0 Å². The lowest BCUT2D eigenvalue weighted by atomic mass is 9.95. The molecule has 224 valence electrons. The molecule has 11 heteroatoms. The number of nitrogens with zero attached hydrogens (tertiary/aromatic N) is 2. The van der Waals surface area contributed by atoms with Crippen LogP contribution in [0.5, 0.6) is 5.75 Å². The molecule has 0 saturated heterocycles. The van der Waals surface area contributed by atoms with Crippen LogP contribution >= 0.6 is 23.2 Å². The summed E-state index contributed by atoms with van der Waals surface area (Å²) < 4.78 is 34.2. The number of halogens is 2. The maximum atomic E-state index is 14.1. The number of sulfonamides is 1. The maximum absolute atomic E-state index is 14.1. The summed E-state index contributed by atoms with van der Waals surface area (Å²) in [7, 11) is -2.71. The molecule has 0 heterocycles. The van der Waals surface area contributed by atoms with E-state index in [-0.39, 0.29) is 29.1 Å². The molecule has 0 radical (unpaired) electrons. The summed E-state index contributed by atoms with van der Waals surface area (Å²) in [5.41, 5.74) is 0.701. The van der Waals surface area contributed by atoms with Crippen molar-refractivity contribution in [3.8, 4) is 5.75 Å². The summed E-state index contributed by atoms with van der Waals surface area (Å²) in [5, 5.41) is 3.75. The molecule has 1 N–H and O–H groups in total. The van der Waals surface area contributed by atoms with Crippen molar-refractivity contribution in [2.45, 2.75) is 62.6 Å². The van der Waals surface area contributed by atoms with Gasteiger partial charge in [0.05, 0.1) is 17.7 Å². The fraction of sp³-hybridized carbons (Fsp3) is 0.355. The van der Waals surface area contributed by atoms with E-state index in [2.05, 4.69) is 5.32 Å². The molecule has 8 nitrogen and oxygen atoms in total. The van der Waals surface area contributed by atoms with Crippen LogP contribution in [0.3, 0.4) is 0 Å². The second kappa shape index (κ2) is 14.3. The second-order valence-electron chi connectivity index (χ2n) is 10.3. The molecule has 1 aliphatic carbocycles. The van der Waals surface area contributed by atoms with Gasteiger partial charge in [-0.25, -0.2) is 8.42 Å². The van der Waals surface area contributed by atoms with Gasteiger partial charge >= 0.3 is 0 Å². The van der Waals surface area contributed by atoms with Gasteiger partial charge in [-0.3, -0.25) is 13.9 Å². The number of carbonyl (C=O) groups is 2. The number of hydrogen-bond donors (Lipinski definition) is 1. The van der Waals surface area contributed by atoms with Crippen LogP contribution in [0, 0.1) is 0 Å². The van der Waals surface area contributed by atoms with Crippen molar-refractivity contribution in [2.75, 3.05) is 18.0 Å². The number of carbonyl (C=O) groups excluding carboxylic acids is 2. The van der Waals surface area contributed by atoms with Crippen LogP contribution in [-0.4, -0.2) is 50.9 Å². The minimum Gasteiger partial charge on any atom is -0.497 e. The van der Waals surface area contributed by atoms with Gasteiger partial charge in [0.15, 0.2) is 0 Å². The van der Waals surface area contributed by atoms with Gasteiger partial charge in [-0.15, -0.1) is 0 Å². The van der Waals surface area contributed by atoms with E-state index in [1.54, 1.807) is 67.6 Å². The van der Waals surface area contributed by atoms with Crippen LogP contribution in [-0.2, 0) is 26.2 Å². The maximum Gasteiger partial charge on any atom is 0.264 e. The second-order valence-corrected chi connectivity index (χ2v) is 12.9. The SMILES string of the molecule is COc1cccc(N(CC(=O)N(Cc2c(Cl)cccc2Cl)[C@@H](C)C(=O)NC2CCCCC2)S(=O)(=O)c2ccccc2)c1. The third-order valence-electron chi connectivity index (χ3n) is 7.46. The summed E-state index contributed by atoms with van der Waals surface area (Å²) in [6, 6.07) is 18.4. The van der Waals surface area contributed by atoms with E-state index < -0.39 is 28.5 Å². The average molecular weight is 633 g/mol. The monoisotopic (exact) mass is 631 g/mol. The quantitative estimate of drug-likeness (QED) is 0.277. The third kappa shape index (κ3) is 7.56. The Balaban J connectivity index is 1.71. The molecule has 0 unspecified atom stereocenters. The molecule has 42 heavy (non-hydrogen) atoms. The van der Waals surface area contributed by atoms with Crippen LogP contribution < -0.4 is 14.4 Å². The number of amides is 2. The molecule has 1 atom stereocenters. The van der Waals surface area contributed by atoms with Gasteiger partial charge in [0.2, 0.25) is 11.8 Å². The topological polar surface area (TPSA) is 96.0 Å². The first kappa shape index (κ1) is 31.7. The zero-order valence-corrected chi connectivity index (χ0v) is 26.0. The van der Waals surface area contributed by atoms with Crippen LogP contribution in [0.1, 0.15) is 44.6 Å². The van der Waals surface area contributed by atoms with E-state index in [0.29, 0.717) is 21.4 Å². The summed E-state index contributed by atoms with van der Waals surface area (Å²) in [4.78, 5) is 29.0. The molecule has 0 aromatic heterocycles. The van der Waals surface area contributed by atoms with Crippen molar-refractivity contribution in [3.05, 3.63) is 88.4 Å². The van der Waals surface area contributed by atoms with Crippen LogP contribution in [0.15, 0.2) is 77.7 Å². The van der Waals surface area contributed by atoms with Crippen molar-refractivity contribution >= 4 is 50.7 Å². The standard InChI is InChI=1S/C31H35Cl2N3O5S/c1-22(31(38)34-23-11-5-3-6-12-23)35(20-27-28(32)17-10-18-29(27)33)30(37)21-36(24-13-9-14-25(19-24)41-2)42(39,40)26-15-7-4-8-16-26/h4,7-10,13-19,22-23H,3,5-6,11-12,20-21H2,1-2H3,(H,34,38)/t22-/m0/s1. The average Bonchev–Trinajstić information content (AvgIpc) is 3.00. The molecule has 2 amide bonds. The zero-order chi connectivity index (χ0) is 30.3. The lowest BCUT2D eigenvalue weighted by Crippen LogP contribution is -2.53. The molecular weight excluding hydrogens is 597 g/mol. The number of anilines is 1. The molecule has 0 spiro atoms.